The zero-order valence-electron chi connectivity index (χ0n) is 21.4. The van der Waals surface area contributed by atoms with Gasteiger partial charge in [0.15, 0.2) is 0 Å². The number of rotatable bonds is 10. The third-order valence-electron chi connectivity index (χ3n) is 5.73. The van der Waals surface area contributed by atoms with Gasteiger partial charge in [0.1, 0.15) is 11.4 Å². The highest BCUT2D eigenvalue weighted by Gasteiger charge is 2.35. The molecule has 0 fully saturated rings. The Labute approximate surface area is 231 Å². The Hall–Kier alpha value is -4.30. The topological polar surface area (TPSA) is 175 Å². The molecule has 0 atom stereocenters. The lowest BCUT2D eigenvalue weighted by Crippen LogP contribution is -2.20. The predicted octanol–water partition coefficient (Wildman–Crippen LogP) is 3.88. The van der Waals surface area contributed by atoms with E-state index in [1.165, 1.54) is 54.3 Å². The zero-order valence-corrected chi connectivity index (χ0v) is 22.3. The highest BCUT2D eigenvalue weighted by atomic mass is 31.2. The molecule has 2 aromatic carbocycles. The highest BCUT2D eigenvalue weighted by molar-refractivity contribution is 7.50. The van der Waals surface area contributed by atoms with E-state index in [4.69, 9.17) is 14.9 Å². The molecule has 41 heavy (non-hydrogen) atoms. The van der Waals surface area contributed by atoms with Crippen molar-refractivity contribution in [3.05, 3.63) is 77.7 Å². The summed E-state index contributed by atoms with van der Waals surface area (Å²) < 4.78 is 54.3. The van der Waals surface area contributed by atoms with Crippen molar-refractivity contribution < 1.29 is 37.4 Å². The van der Waals surface area contributed by atoms with Crippen LogP contribution in [0.25, 0.3) is 11.1 Å². The number of carbonyl (C=O) groups excluding carboxylic acids is 1. The van der Waals surface area contributed by atoms with Crippen LogP contribution in [0.5, 0.6) is 0 Å². The fourth-order valence-electron chi connectivity index (χ4n) is 3.83. The van der Waals surface area contributed by atoms with Gasteiger partial charge in [0, 0.05) is 30.7 Å². The van der Waals surface area contributed by atoms with Crippen molar-refractivity contribution >= 4 is 36.6 Å². The molecule has 4 rings (SSSR count). The molecule has 2 aromatic heterocycles. The van der Waals surface area contributed by atoms with Gasteiger partial charge < -0.3 is 30.8 Å². The van der Waals surface area contributed by atoms with Crippen LogP contribution in [0.15, 0.2) is 61.1 Å². The summed E-state index contributed by atoms with van der Waals surface area (Å²) in [5.41, 5.74) is 0.854. The molecule has 12 nitrogen and oxygen atoms in total. The first-order valence-electron chi connectivity index (χ1n) is 12.0. The van der Waals surface area contributed by atoms with E-state index in [1.807, 2.05) is 0 Å². The summed E-state index contributed by atoms with van der Waals surface area (Å²) in [6, 6.07) is 10.4. The second kappa shape index (κ2) is 12.1. The van der Waals surface area contributed by atoms with Gasteiger partial charge >= 0.3 is 13.8 Å². The van der Waals surface area contributed by atoms with Crippen LogP contribution in [-0.2, 0) is 23.4 Å². The fraction of sp³-hybridized carbons (Fsp3) is 0.200. The molecule has 0 aliphatic rings. The Morgan fingerprint density at radius 3 is 2.41 bits per heavy atom. The van der Waals surface area contributed by atoms with Crippen LogP contribution in [0.3, 0.4) is 0 Å². The van der Waals surface area contributed by atoms with Gasteiger partial charge in [0.25, 0.3) is 5.91 Å². The van der Waals surface area contributed by atoms with E-state index in [1.54, 1.807) is 12.3 Å². The van der Waals surface area contributed by atoms with Gasteiger partial charge in [-0.3, -0.25) is 14.0 Å². The summed E-state index contributed by atoms with van der Waals surface area (Å²) in [7, 11) is -2.88. The molecule has 0 aliphatic heterocycles. The van der Waals surface area contributed by atoms with E-state index < -0.39 is 37.2 Å². The smallest absolute Gasteiger partial charge is 0.394 e. The van der Waals surface area contributed by atoms with Gasteiger partial charge in [0.05, 0.1) is 36.8 Å². The molecule has 0 aliphatic carbocycles. The number of aliphatic hydroxyl groups excluding tert-OH is 1. The largest absolute Gasteiger partial charge is 0.421 e. The van der Waals surface area contributed by atoms with Crippen LogP contribution in [0.1, 0.15) is 21.5 Å². The van der Waals surface area contributed by atoms with Crippen LogP contribution in [0.4, 0.5) is 36.3 Å². The maximum absolute atomic E-state index is 13.9. The van der Waals surface area contributed by atoms with Gasteiger partial charge in [-0.05, 0) is 35.4 Å². The average molecular weight is 591 g/mol. The number of nitrogens with one attached hydrogen (secondary N) is 3. The number of carbonyl (C=O) groups is 1. The summed E-state index contributed by atoms with van der Waals surface area (Å²) >= 11 is 0. The third-order valence-corrected chi connectivity index (χ3v) is 6.51. The van der Waals surface area contributed by atoms with Gasteiger partial charge in [-0.25, -0.2) is 4.98 Å². The lowest BCUT2D eigenvalue weighted by Gasteiger charge is -2.17. The minimum Gasteiger partial charge on any atom is -0.394 e. The second-order valence-electron chi connectivity index (χ2n) is 8.78. The number of halogens is 3. The molecule has 1 amide bonds. The molecule has 4 aromatic rings. The third kappa shape index (κ3) is 7.67. The number of alkyl halides is 3. The van der Waals surface area contributed by atoms with E-state index >= 15 is 0 Å². The summed E-state index contributed by atoms with van der Waals surface area (Å²) in [6.07, 6.45) is -1.48. The Kier molecular flexibility index (Phi) is 8.73. The Morgan fingerprint density at radius 2 is 1.78 bits per heavy atom. The first-order chi connectivity index (χ1) is 19.4. The van der Waals surface area contributed by atoms with Gasteiger partial charge in [-0.2, -0.15) is 23.3 Å². The lowest BCUT2D eigenvalue weighted by molar-refractivity contribution is -0.137. The standard InChI is InChI=1S/C25H25F3N7O5P/c1-29-23(37)19-10-16(17-11-31-35(13-17)8-9-36)4-7-21(19)33-22-20(25(26,27)28)12-30-24(34-22)32-18-5-2-15(3-6-18)14-41(38,39)40/h2-7,10-13,36H,8-9,14H2,1H3,(H,29,37)(H2,38,39,40)(H2,30,32,33,34). The number of hydrogen-bond donors (Lipinski definition) is 6. The van der Waals surface area contributed by atoms with E-state index in [-0.39, 0.29) is 30.4 Å². The maximum Gasteiger partial charge on any atom is 0.421 e. The summed E-state index contributed by atoms with van der Waals surface area (Å²) in [5.74, 6) is -1.37. The minimum absolute atomic E-state index is 0.0433. The molecule has 2 heterocycles. The van der Waals surface area contributed by atoms with Crippen LogP contribution < -0.4 is 16.0 Å². The van der Waals surface area contributed by atoms with E-state index in [9.17, 15) is 22.5 Å². The second-order valence-corrected chi connectivity index (χ2v) is 10.4. The fourth-order valence-corrected chi connectivity index (χ4v) is 4.51. The summed E-state index contributed by atoms with van der Waals surface area (Å²) in [5, 5.41) is 21.1. The van der Waals surface area contributed by atoms with Crippen molar-refractivity contribution in [2.24, 2.45) is 0 Å². The van der Waals surface area contributed by atoms with Crippen LogP contribution in [0.2, 0.25) is 0 Å². The predicted molar refractivity (Wildman–Crippen MR) is 144 cm³/mol. The molecule has 6 N–H and O–H groups in total. The molecule has 0 radical (unpaired) electrons. The van der Waals surface area contributed by atoms with E-state index in [0.717, 1.165) is 0 Å². The zero-order chi connectivity index (χ0) is 29.8. The van der Waals surface area contributed by atoms with E-state index in [2.05, 4.69) is 31.0 Å². The van der Waals surface area contributed by atoms with Gasteiger partial charge in [-0.1, -0.05) is 18.2 Å². The number of aliphatic hydroxyl groups is 1. The Balaban J connectivity index is 1.66. The first kappa shape index (κ1) is 29.7. The molecule has 216 valence electrons. The number of nitrogens with zero attached hydrogens (tertiary/aromatic N) is 4. The quantitative estimate of drug-likeness (QED) is 0.149. The van der Waals surface area contributed by atoms with Crippen molar-refractivity contribution in [2.45, 2.75) is 18.9 Å². The SMILES string of the molecule is CNC(=O)c1cc(-c2cnn(CCO)c2)ccc1Nc1nc(Nc2ccc(CP(=O)(O)O)cc2)ncc1C(F)(F)F. The molecule has 0 saturated heterocycles. The molecular formula is C25H25F3N7O5P. The van der Waals surface area contributed by atoms with Crippen molar-refractivity contribution in [1.82, 2.24) is 25.1 Å². The number of anilines is 4. The summed E-state index contributed by atoms with van der Waals surface area (Å²) in [6.45, 7) is 0.149. The number of amides is 1. The number of benzene rings is 2. The highest BCUT2D eigenvalue weighted by Crippen LogP contribution is 2.39. The average Bonchev–Trinajstić information content (AvgIpc) is 3.37. The van der Waals surface area contributed by atoms with Crippen molar-refractivity contribution in [3.63, 3.8) is 0 Å². The molecule has 16 heteroatoms. The monoisotopic (exact) mass is 591 g/mol. The molecular weight excluding hydrogens is 566 g/mol. The summed E-state index contributed by atoms with van der Waals surface area (Å²) in [4.78, 5) is 38.7. The molecule has 0 bridgehead atoms. The van der Waals surface area contributed by atoms with Crippen molar-refractivity contribution in [3.8, 4) is 11.1 Å². The van der Waals surface area contributed by atoms with Gasteiger partial charge in [-0.15, -0.1) is 0 Å². The van der Waals surface area contributed by atoms with Crippen LogP contribution >= 0.6 is 7.60 Å². The molecule has 0 saturated carbocycles. The maximum atomic E-state index is 13.9. The normalized spacial score (nSPS) is 11.8. The molecule has 0 spiro atoms. The van der Waals surface area contributed by atoms with E-state index in [0.29, 0.717) is 28.6 Å². The van der Waals surface area contributed by atoms with Gasteiger partial charge in [0.2, 0.25) is 5.95 Å². The Bertz CT molecular complexity index is 1590. The number of hydrogen-bond acceptors (Lipinski definition) is 8. The van der Waals surface area contributed by atoms with Crippen LogP contribution in [0, 0.1) is 0 Å². The van der Waals surface area contributed by atoms with Crippen molar-refractivity contribution in [2.75, 3.05) is 24.3 Å². The number of aromatic nitrogens is 4. The molecule has 0 unspecified atom stereocenters. The minimum atomic E-state index is -4.82. The Morgan fingerprint density at radius 1 is 1.05 bits per heavy atom. The first-order valence-corrected chi connectivity index (χ1v) is 13.8. The van der Waals surface area contributed by atoms with Crippen molar-refractivity contribution in [1.29, 1.82) is 0 Å². The lowest BCUT2D eigenvalue weighted by atomic mass is 10.0. The van der Waals surface area contributed by atoms with Crippen LogP contribution in [-0.4, -0.2) is 54.2 Å².